The van der Waals surface area contributed by atoms with Crippen LogP contribution in [0.1, 0.15) is 36.9 Å². The molecule has 0 saturated carbocycles. The Bertz CT molecular complexity index is 707. The van der Waals surface area contributed by atoms with Crippen LogP contribution in [-0.2, 0) is 6.42 Å². The summed E-state index contributed by atoms with van der Waals surface area (Å²) in [7, 11) is 0. The summed E-state index contributed by atoms with van der Waals surface area (Å²) in [5, 5.41) is 0. The second-order valence-electron chi connectivity index (χ2n) is 5.56. The third kappa shape index (κ3) is 2.86. The molecule has 0 bridgehead atoms. The van der Waals surface area contributed by atoms with Crippen LogP contribution < -0.4 is 10.5 Å². The molecule has 1 N–H and O–H groups in total. The standard InChI is InChI=1S/C16H19FN4O/c1-2-13-15(17)16(20-10-19-13)21-7-4-11(5-8-21)12-3-6-18-14(22)9-12/h3,6,9-11H,2,4-5,7-8H2,1H3,(H,18,22). The van der Waals surface area contributed by atoms with Gasteiger partial charge in [0.25, 0.3) is 0 Å². The zero-order valence-corrected chi connectivity index (χ0v) is 12.6. The number of rotatable bonds is 3. The van der Waals surface area contributed by atoms with Crippen LogP contribution >= 0.6 is 0 Å². The highest BCUT2D eigenvalue weighted by atomic mass is 19.1. The van der Waals surface area contributed by atoms with Gasteiger partial charge in [-0.05, 0) is 36.8 Å². The second-order valence-corrected chi connectivity index (χ2v) is 5.56. The summed E-state index contributed by atoms with van der Waals surface area (Å²) in [5.41, 5.74) is 1.44. The number of aromatic amines is 1. The van der Waals surface area contributed by atoms with Gasteiger partial charge in [-0.2, -0.15) is 0 Å². The van der Waals surface area contributed by atoms with Crippen LogP contribution in [0.25, 0.3) is 0 Å². The van der Waals surface area contributed by atoms with Gasteiger partial charge in [0.15, 0.2) is 11.6 Å². The van der Waals surface area contributed by atoms with E-state index in [1.54, 1.807) is 12.3 Å². The van der Waals surface area contributed by atoms with Gasteiger partial charge in [0.05, 0.1) is 5.69 Å². The molecule has 0 atom stereocenters. The van der Waals surface area contributed by atoms with E-state index in [4.69, 9.17) is 0 Å². The molecular weight excluding hydrogens is 283 g/mol. The summed E-state index contributed by atoms with van der Waals surface area (Å²) >= 11 is 0. The average Bonchev–Trinajstić information content (AvgIpc) is 2.55. The lowest BCUT2D eigenvalue weighted by atomic mass is 9.90. The summed E-state index contributed by atoms with van der Waals surface area (Å²) in [6.07, 6.45) is 5.44. The fraction of sp³-hybridized carbons (Fsp3) is 0.438. The summed E-state index contributed by atoms with van der Waals surface area (Å²) in [6, 6.07) is 3.60. The van der Waals surface area contributed by atoms with Gasteiger partial charge >= 0.3 is 0 Å². The monoisotopic (exact) mass is 302 g/mol. The van der Waals surface area contributed by atoms with E-state index in [0.717, 1.165) is 31.5 Å². The number of hydrogen-bond acceptors (Lipinski definition) is 4. The number of H-pyrrole nitrogens is 1. The highest BCUT2D eigenvalue weighted by Gasteiger charge is 2.24. The van der Waals surface area contributed by atoms with Crippen molar-refractivity contribution in [3.63, 3.8) is 0 Å². The molecule has 3 rings (SSSR count). The van der Waals surface area contributed by atoms with Crippen molar-refractivity contribution in [2.45, 2.75) is 32.1 Å². The van der Waals surface area contributed by atoms with Crippen LogP contribution in [0.5, 0.6) is 0 Å². The van der Waals surface area contributed by atoms with E-state index in [9.17, 15) is 9.18 Å². The predicted octanol–water partition coefficient (Wildman–Crippen LogP) is 2.25. The first kappa shape index (κ1) is 14.7. The van der Waals surface area contributed by atoms with Crippen LogP contribution in [0.2, 0.25) is 0 Å². The van der Waals surface area contributed by atoms with Crippen molar-refractivity contribution < 1.29 is 4.39 Å². The van der Waals surface area contributed by atoms with Crippen molar-refractivity contribution in [2.24, 2.45) is 0 Å². The number of aromatic nitrogens is 3. The molecule has 5 nitrogen and oxygen atoms in total. The quantitative estimate of drug-likeness (QED) is 0.944. The lowest BCUT2D eigenvalue weighted by Crippen LogP contribution is -2.34. The van der Waals surface area contributed by atoms with E-state index >= 15 is 0 Å². The first-order valence-corrected chi connectivity index (χ1v) is 7.62. The van der Waals surface area contributed by atoms with Crippen LogP contribution in [0, 0.1) is 5.82 Å². The maximum Gasteiger partial charge on any atom is 0.248 e. The Balaban J connectivity index is 1.73. The van der Waals surface area contributed by atoms with Crippen molar-refractivity contribution in [1.82, 2.24) is 15.0 Å². The molecule has 0 aromatic carbocycles. The Labute approximate surface area is 128 Å². The van der Waals surface area contributed by atoms with Crippen molar-refractivity contribution >= 4 is 5.82 Å². The predicted molar refractivity (Wildman–Crippen MR) is 82.6 cm³/mol. The second kappa shape index (κ2) is 6.25. The molecule has 0 aliphatic carbocycles. The molecule has 1 aliphatic heterocycles. The molecule has 0 radical (unpaired) electrons. The zero-order valence-electron chi connectivity index (χ0n) is 12.6. The molecule has 1 aliphatic rings. The van der Waals surface area contributed by atoms with Crippen molar-refractivity contribution in [1.29, 1.82) is 0 Å². The number of piperidine rings is 1. The minimum atomic E-state index is -0.306. The third-order valence-electron chi connectivity index (χ3n) is 4.24. The van der Waals surface area contributed by atoms with E-state index in [1.165, 1.54) is 6.33 Å². The number of nitrogens with one attached hydrogen (secondary N) is 1. The summed E-state index contributed by atoms with van der Waals surface area (Å²) in [5.74, 6) is 0.435. The van der Waals surface area contributed by atoms with Gasteiger partial charge in [0.2, 0.25) is 5.56 Å². The van der Waals surface area contributed by atoms with Gasteiger partial charge in [0.1, 0.15) is 6.33 Å². The number of aryl methyl sites for hydroxylation is 1. The third-order valence-corrected chi connectivity index (χ3v) is 4.24. The smallest absolute Gasteiger partial charge is 0.248 e. The molecule has 1 fully saturated rings. The molecule has 1 saturated heterocycles. The highest BCUT2D eigenvalue weighted by molar-refractivity contribution is 5.42. The summed E-state index contributed by atoms with van der Waals surface area (Å²) < 4.78 is 14.3. The molecule has 3 heterocycles. The van der Waals surface area contributed by atoms with E-state index in [-0.39, 0.29) is 11.4 Å². The average molecular weight is 302 g/mol. The highest BCUT2D eigenvalue weighted by Crippen LogP contribution is 2.30. The van der Waals surface area contributed by atoms with Crippen LogP contribution in [0.3, 0.4) is 0 Å². The first-order valence-electron chi connectivity index (χ1n) is 7.62. The molecule has 0 amide bonds. The first-order chi connectivity index (χ1) is 10.7. The van der Waals surface area contributed by atoms with Gasteiger partial charge in [-0.3, -0.25) is 4.79 Å². The number of halogens is 1. The molecule has 0 unspecified atom stereocenters. The molecule has 0 spiro atoms. The fourth-order valence-electron chi connectivity index (χ4n) is 3.00. The summed E-state index contributed by atoms with van der Waals surface area (Å²) in [6.45, 7) is 3.34. The Morgan fingerprint density at radius 1 is 1.36 bits per heavy atom. The molecule has 116 valence electrons. The number of hydrogen-bond donors (Lipinski definition) is 1. The fourth-order valence-corrected chi connectivity index (χ4v) is 3.00. The molecule has 22 heavy (non-hydrogen) atoms. The van der Waals surface area contributed by atoms with Gasteiger partial charge in [-0.25, -0.2) is 14.4 Å². The van der Waals surface area contributed by atoms with Crippen molar-refractivity contribution in [2.75, 3.05) is 18.0 Å². The SMILES string of the molecule is CCc1ncnc(N2CCC(c3cc[nH]c(=O)c3)CC2)c1F. The zero-order chi connectivity index (χ0) is 15.5. The Morgan fingerprint density at radius 2 is 2.14 bits per heavy atom. The van der Waals surface area contributed by atoms with Gasteiger partial charge in [-0.15, -0.1) is 0 Å². The Hall–Kier alpha value is -2.24. The maximum absolute atomic E-state index is 14.3. The van der Waals surface area contributed by atoms with E-state index < -0.39 is 0 Å². The van der Waals surface area contributed by atoms with Crippen molar-refractivity contribution in [3.05, 3.63) is 52.1 Å². The number of nitrogens with zero attached hydrogens (tertiary/aromatic N) is 3. The largest absolute Gasteiger partial charge is 0.354 e. The lowest BCUT2D eigenvalue weighted by molar-refractivity contribution is 0.489. The molecule has 2 aromatic rings. The van der Waals surface area contributed by atoms with Gasteiger partial charge in [0, 0.05) is 25.4 Å². The Kier molecular flexibility index (Phi) is 4.18. The molecule has 6 heteroatoms. The summed E-state index contributed by atoms with van der Waals surface area (Å²) in [4.78, 5) is 24.1. The van der Waals surface area contributed by atoms with Crippen LogP contribution in [0.15, 0.2) is 29.5 Å². The minimum absolute atomic E-state index is 0.0747. The van der Waals surface area contributed by atoms with Crippen molar-refractivity contribution in [3.8, 4) is 0 Å². The normalized spacial score (nSPS) is 16.0. The maximum atomic E-state index is 14.3. The number of pyridine rings is 1. The lowest BCUT2D eigenvalue weighted by Gasteiger charge is -2.33. The van der Waals surface area contributed by atoms with Gasteiger partial charge in [-0.1, -0.05) is 6.92 Å². The van der Waals surface area contributed by atoms with E-state index in [1.807, 2.05) is 17.9 Å². The van der Waals surface area contributed by atoms with Crippen LogP contribution in [-0.4, -0.2) is 28.0 Å². The minimum Gasteiger partial charge on any atom is -0.354 e. The Morgan fingerprint density at radius 3 is 2.82 bits per heavy atom. The van der Waals surface area contributed by atoms with Crippen LogP contribution in [0.4, 0.5) is 10.2 Å². The van der Waals surface area contributed by atoms with E-state index in [2.05, 4.69) is 15.0 Å². The molecular formula is C16H19FN4O. The number of anilines is 1. The topological polar surface area (TPSA) is 61.9 Å². The van der Waals surface area contributed by atoms with Gasteiger partial charge < -0.3 is 9.88 Å². The van der Waals surface area contributed by atoms with E-state index in [0.29, 0.717) is 23.9 Å². The molecule has 2 aromatic heterocycles.